The molecule has 0 saturated heterocycles. The van der Waals surface area contributed by atoms with E-state index in [2.05, 4.69) is 41.8 Å². The number of aryl methyl sites for hydroxylation is 3. The van der Waals surface area contributed by atoms with Gasteiger partial charge in [-0.3, -0.25) is 0 Å². The molecule has 0 amide bonds. The lowest BCUT2D eigenvalue weighted by Crippen LogP contribution is -2.48. The maximum absolute atomic E-state index is 11.9. The molecule has 1 aliphatic rings. The van der Waals surface area contributed by atoms with Gasteiger partial charge < -0.3 is 15.4 Å². The standard InChI is InChI=1S/C25H32N2O2S/c1-4-29-23(28)21-10-11-22(19(3)17-21)26-24(30)27-25(13-5-6-14-25)15-12-20-9-7-8-18(2)16-20/h7-11,16-17H,4-6,12-15H2,1-3H3,(H2,26,27,30). The summed E-state index contributed by atoms with van der Waals surface area (Å²) in [7, 11) is 0. The van der Waals surface area contributed by atoms with Crippen LogP contribution in [0.25, 0.3) is 0 Å². The van der Waals surface area contributed by atoms with Gasteiger partial charge in [-0.25, -0.2) is 4.79 Å². The van der Waals surface area contributed by atoms with Crippen LogP contribution < -0.4 is 10.6 Å². The van der Waals surface area contributed by atoms with Crippen molar-refractivity contribution in [3.63, 3.8) is 0 Å². The zero-order valence-corrected chi connectivity index (χ0v) is 19.0. The fraction of sp³-hybridized carbons (Fsp3) is 0.440. The minimum atomic E-state index is -0.297. The predicted molar refractivity (Wildman–Crippen MR) is 127 cm³/mol. The van der Waals surface area contributed by atoms with Gasteiger partial charge in [-0.1, -0.05) is 42.7 Å². The van der Waals surface area contributed by atoms with E-state index in [1.165, 1.54) is 24.0 Å². The highest BCUT2D eigenvalue weighted by atomic mass is 32.1. The summed E-state index contributed by atoms with van der Waals surface area (Å²) in [6.45, 7) is 6.29. The largest absolute Gasteiger partial charge is 0.462 e. The molecule has 1 saturated carbocycles. The number of benzene rings is 2. The summed E-state index contributed by atoms with van der Waals surface area (Å²) in [6, 6.07) is 14.3. The number of anilines is 1. The lowest BCUT2D eigenvalue weighted by molar-refractivity contribution is 0.0526. The predicted octanol–water partition coefficient (Wildman–Crippen LogP) is 5.71. The minimum absolute atomic E-state index is 0.0482. The summed E-state index contributed by atoms with van der Waals surface area (Å²) in [6.07, 6.45) is 6.86. The molecule has 0 aliphatic heterocycles. The second kappa shape index (κ2) is 10.1. The number of esters is 1. The number of hydrogen-bond acceptors (Lipinski definition) is 3. The third-order valence-corrected chi connectivity index (χ3v) is 6.10. The van der Waals surface area contributed by atoms with Gasteiger partial charge in [-0.15, -0.1) is 0 Å². The van der Waals surface area contributed by atoms with Crippen LogP contribution in [0.5, 0.6) is 0 Å². The first-order chi connectivity index (χ1) is 14.4. The second-order valence-corrected chi connectivity index (χ2v) is 8.71. The van der Waals surface area contributed by atoms with E-state index in [1.807, 2.05) is 26.0 Å². The molecule has 0 heterocycles. The van der Waals surface area contributed by atoms with Crippen LogP contribution in [0.2, 0.25) is 0 Å². The number of carbonyl (C=O) groups is 1. The molecule has 1 fully saturated rings. The number of ether oxygens (including phenoxy) is 1. The number of thiocarbonyl (C=S) groups is 1. The summed E-state index contributed by atoms with van der Waals surface area (Å²) in [5.74, 6) is -0.297. The molecule has 0 aromatic heterocycles. The first-order valence-corrected chi connectivity index (χ1v) is 11.2. The molecular weight excluding hydrogens is 392 g/mol. The Morgan fingerprint density at radius 3 is 2.57 bits per heavy atom. The van der Waals surface area contributed by atoms with Crippen molar-refractivity contribution in [3.8, 4) is 0 Å². The van der Waals surface area contributed by atoms with E-state index in [-0.39, 0.29) is 11.5 Å². The molecule has 30 heavy (non-hydrogen) atoms. The van der Waals surface area contributed by atoms with Crippen molar-refractivity contribution >= 4 is 29.0 Å². The summed E-state index contributed by atoms with van der Waals surface area (Å²) < 4.78 is 5.08. The number of carbonyl (C=O) groups excluding carboxylic acids is 1. The molecule has 5 heteroatoms. The fourth-order valence-electron chi connectivity index (χ4n) is 4.28. The van der Waals surface area contributed by atoms with Crippen molar-refractivity contribution in [2.45, 2.75) is 64.8 Å². The number of rotatable bonds is 7. The van der Waals surface area contributed by atoms with Gasteiger partial charge in [0.2, 0.25) is 0 Å². The maximum atomic E-state index is 11.9. The van der Waals surface area contributed by atoms with E-state index >= 15 is 0 Å². The van der Waals surface area contributed by atoms with E-state index in [0.29, 0.717) is 17.3 Å². The van der Waals surface area contributed by atoms with Crippen LogP contribution in [0.1, 0.15) is 66.1 Å². The average Bonchev–Trinajstić information content (AvgIpc) is 3.17. The zero-order valence-electron chi connectivity index (χ0n) is 18.2. The van der Waals surface area contributed by atoms with Gasteiger partial charge in [0.1, 0.15) is 0 Å². The van der Waals surface area contributed by atoms with Crippen molar-refractivity contribution in [2.75, 3.05) is 11.9 Å². The van der Waals surface area contributed by atoms with Crippen LogP contribution in [0.3, 0.4) is 0 Å². The van der Waals surface area contributed by atoms with Gasteiger partial charge in [0.15, 0.2) is 5.11 Å². The SMILES string of the molecule is CCOC(=O)c1ccc(NC(=S)NC2(CCc3cccc(C)c3)CCCC2)c(C)c1. The maximum Gasteiger partial charge on any atom is 0.338 e. The van der Waals surface area contributed by atoms with E-state index in [0.717, 1.165) is 36.9 Å². The van der Waals surface area contributed by atoms with Crippen LogP contribution in [-0.2, 0) is 11.2 Å². The fourth-order valence-corrected chi connectivity index (χ4v) is 4.61. The highest BCUT2D eigenvalue weighted by Gasteiger charge is 2.34. The van der Waals surface area contributed by atoms with Crippen LogP contribution in [0.15, 0.2) is 42.5 Å². The molecule has 0 radical (unpaired) electrons. The number of nitrogens with one attached hydrogen (secondary N) is 2. The van der Waals surface area contributed by atoms with Crippen LogP contribution in [0.4, 0.5) is 5.69 Å². The molecule has 2 aromatic carbocycles. The lowest BCUT2D eigenvalue weighted by atomic mass is 9.89. The summed E-state index contributed by atoms with van der Waals surface area (Å²) >= 11 is 5.67. The molecule has 3 rings (SSSR count). The molecule has 0 bridgehead atoms. The Kier molecular flexibility index (Phi) is 7.48. The third-order valence-electron chi connectivity index (χ3n) is 5.90. The van der Waals surface area contributed by atoms with Crippen molar-refractivity contribution in [3.05, 3.63) is 64.7 Å². The van der Waals surface area contributed by atoms with Crippen LogP contribution >= 0.6 is 12.2 Å². The van der Waals surface area contributed by atoms with Crippen molar-refractivity contribution in [1.29, 1.82) is 0 Å². The monoisotopic (exact) mass is 424 g/mol. The van der Waals surface area contributed by atoms with Gasteiger partial charge in [0.05, 0.1) is 12.2 Å². The Bertz CT molecular complexity index is 904. The molecule has 0 unspecified atom stereocenters. The minimum Gasteiger partial charge on any atom is -0.462 e. The Morgan fingerprint density at radius 1 is 1.13 bits per heavy atom. The van der Waals surface area contributed by atoms with Crippen molar-refractivity contribution in [2.24, 2.45) is 0 Å². The van der Waals surface area contributed by atoms with Gasteiger partial charge >= 0.3 is 5.97 Å². The highest BCUT2D eigenvalue weighted by Crippen LogP contribution is 2.34. The average molecular weight is 425 g/mol. The van der Waals surface area contributed by atoms with E-state index in [9.17, 15) is 4.79 Å². The Balaban J connectivity index is 1.63. The summed E-state index contributed by atoms with van der Waals surface area (Å²) in [5, 5.41) is 7.62. The van der Waals surface area contributed by atoms with Gasteiger partial charge in [-0.05, 0) is 88.0 Å². The molecular formula is C25H32N2O2S. The van der Waals surface area contributed by atoms with E-state index in [1.54, 1.807) is 6.07 Å². The first-order valence-electron chi connectivity index (χ1n) is 10.8. The third kappa shape index (κ3) is 5.82. The highest BCUT2D eigenvalue weighted by molar-refractivity contribution is 7.80. The van der Waals surface area contributed by atoms with E-state index < -0.39 is 0 Å². The Morgan fingerprint density at radius 2 is 1.90 bits per heavy atom. The van der Waals surface area contributed by atoms with Crippen LogP contribution in [0, 0.1) is 13.8 Å². The van der Waals surface area contributed by atoms with Crippen molar-refractivity contribution in [1.82, 2.24) is 5.32 Å². The lowest BCUT2D eigenvalue weighted by Gasteiger charge is -2.32. The smallest absolute Gasteiger partial charge is 0.338 e. The molecule has 0 atom stereocenters. The molecule has 2 N–H and O–H groups in total. The zero-order chi connectivity index (χ0) is 21.6. The molecule has 160 valence electrons. The van der Waals surface area contributed by atoms with Gasteiger partial charge in [0.25, 0.3) is 0 Å². The first kappa shape index (κ1) is 22.3. The Labute approximate surface area is 185 Å². The quantitative estimate of drug-likeness (QED) is 0.440. The number of hydrogen-bond donors (Lipinski definition) is 2. The summed E-state index contributed by atoms with van der Waals surface area (Å²) in [5.41, 5.74) is 5.17. The van der Waals surface area contributed by atoms with Gasteiger partial charge in [-0.2, -0.15) is 0 Å². The van der Waals surface area contributed by atoms with Crippen molar-refractivity contribution < 1.29 is 9.53 Å². The molecule has 0 spiro atoms. The molecule has 1 aliphatic carbocycles. The van der Waals surface area contributed by atoms with Gasteiger partial charge in [0, 0.05) is 11.2 Å². The second-order valence-electron chi connectivity index (χ2n) is 8.31. The summed E-state index contributed by atoms with van der Waals surface area (Å²) in [4.78, 5) is 11.9. The Hall–Kier alpha value is -2.40. The molecule has 2 aromatic rings. The topological polar surface area (TPSA) is 50.4 Å². The normalized spacial score (nSPS) is 14.9. The molecule has 4 nitrogen and oxygen atoms in total. The van der Waals surface area contributed by atoms with E-state index in [4.69, 9.17) is 17.0 Å². The van der Waals surface area contributed by atoms with Crippen LogP contribution in [-0.4, -0.2) is 23.2 Å².